The van der Waals surface area contributed by atoms with Crippen molar-refractivity contribution in [3.05, 3.63) is 48.0 Å². The lowest BCUT2D eigenvalue weighted by molar-refractivity contribution is -0.0509. The minimum Gasteiger partial charge on any atom is -0.483 e. The van der Waals surface area contributed by atoms with Crippen LogP contribution in [0.3, 0.4) is 0 Å². The molecule has 1 N–H and O–H groups in total. The van der Waals surface area contributed by atoms with Gasteiger partial charge in [0, 0.05) is 23.0 Å². The van der Waals surface area contributed by atoms with E-state index in [1.54, 1.807) is 6.07 Å². The Morgan fingerprint density at radius 3 is 2.73 bits per heavy atom. The van der Waals surface area contributed by atoms with Crippen LogP contribution in [0.2, 0.25) is 0 Å². The van der Waals surface area contributed by atoms with Gasteiger partial charge in [0.25, 0.3) is 6.43 Å². The standard InChI is InChI=1S/C25H27F3N4O4S/c1-15-8-17(32-37(33)6-2-3-7-37)10-19-24(15)25(30-14-29-19)31-18-5-4-16(26)9-20(18)36-22-12-34-11-21(22)35-13-23(27)28/h4-5,8-10,14,21-23H,2-3,6-7,11-13H2,1H3,(H,29,30,31). The Labute approximate surface area is 212 Å². The molecule has 2 aromatic carbocycles. The molecule has 5 rings (SSSR count). The number of hydrogen-bond acceptors (Lipinski definition) is 8. The minimum absolute atomic E-state index is 0.102. The van der Waals surface area contributed by atoms with Crippen molar-refractivity contribution in [2.24, 2.45) is 4.36 Å². The molecule has 0 aliphatic carbocycles. The van der Waals surface area contributed by atoms with Crippen LogP contribution >= 0.6 is 0 Å². The summed E-state index contributed by atoms with van der Waals surface area (Å²) in [5.74, 6) is 1.31. The highest BCUT2D eigenvalue weighted by Gasteiger charge is 2.32. The largest absolute Gasteiger partial charge is 0.483 e. The molecule has 0 amide bonds. The third-order valence-electron chi connectivity index (χ3n) is 6.26. The summed E-state index contributed by atoms with van der Waals surface area (Å²) in [4.78, 5) is 8.75. The molecule has 2 aliphatic rings. The van der Waals surface area contributed by atoms with Crippen LogP contribution < -0.4 is 10.1 Å². The molecular weight excluding hydrogens is 509 g/mol. The minimum atomic E-state index is -2.62. The van der Waals surface area contributed by atoms with Gasteiger partial charge in [-0.2, -0.15) is 4.36 Å². The molecule has 2 unspecified atom stereocenters. The summed E-state index contributed by atoms with van der Waals surface area (Å²) < 4.78 is 73.3. The third kappa shape index (κ3) is 5.97. The molecule has 3 aromatic rings. The van der Waals surface area contributed by atoms with Gasteiger partial charge in [-0.1, -0.05) is 0 Å². The number of nitrogens with one attached hydrogen (secondary N) is 1. The van der Waals surface area contributed by atoms with Crippen molar-refractivity contribution in [1.29, 1.82) is 0 Å². The van der Waals surface area contributed by atoms with E-state index in [2.05, 4.69) is 19.6 Å². The Hall–Kier alpha value is -2.96. The van der Waals surface area contributed by atoms with E-state index in [1.807, 2.05) is 13.0 Å². The molecule has 0 spiro atoms. The third-order valence-corrected chi connectivity index (χ3v) is 8.66. The van der Waals surface area contributed by atoms with E-state index in [-0.39, 0.29) is 19.0 Å². The van der Waals surface area contributed by atoms with Crippen LogP contribution in [0, 0.1) is 12.7 Å². The molecule has 0 bridgehead atoms. The van der Waals surface area contributed by atoms with Gasteiger partial charge in [-0.15, -0.1) is 0 Å². The van der Waals surface area contributed by atoms with E-state index in [9.17, 15) is 17.4 Å². The van der Waals surface area contributed by atoms with Crippen LogP contribution in [0.5, 0.6) is 5.75 Å². The molecule has 1 aromatic heterocycles. The fourth-order valence-corrected chi connectivity index (χ4v) is 6.71. The van der Waals surface area contributed by atoms with E-state index < -0.39 is 40.8 Å². The predicted molar refractivity (Wildman–Crippen MR) is 134 cm³/mol. The summed E-state index contributed by atoms with van der Waals surface area (Å²) in [7, 11) is -2.23. The van der Waals surface area contributed by atoms with E-state index in [0.29, 0.717) is 34.2 Å². The van der Waals surface area contributed by atoms with Gasteiger partial charge in [0.2, 0.25) is 0 Å². The van der Waals surface area contributed by atoms with E-state index >= 15 is 0 Å². The van der Waals surface area contributed by atoms with Crippen molar-refractivity contribution >= 4 is 37.8 Å². The first-order valence-corrected chi connectivity index (χ1v) is 13.8. The van der Waals surface area contributed by atoms with Crippen molar-refractivity contribution in [2.45, 2.75) is 38.4 Å². The Balaban J connectivity index is 1.44. The van der Waals surface area contributed by atoms with Crippen LogP contribution in [-0.4, -0.2) is 64.1 Å². The van der Waals surface area contributed by atoms with Gasteiger partial charge in [0.15, 0.2) is 6.10 Å². The molecule has 8 nitrogen and oxygen atoms in total. The zero-order valence-electron chi connectivity index (χ0n) is 20.2. The molecule has 198 valence electrons. The van der Waals surface area contributed by atoms with Gasteiger partial charge in [-0.3, -0.25) is 0 Å². The Morgan fingerprint density at radius 1 is 1.16 bits per heavy atom. The molecule has 3 heterocycles. The van der Waals surface area contributed by atoms with Crippen LogP contribution in [0.1, 0.15) is 18.4 Å². The zero-order valence-corrected chi connectivity index (χ0v) is 21.0. The normalized spacial score (nSPS) is 21.0. The van der Waals surface area contributed by atoms with E-state index in [4.69, 9.17) is 14.2 Å². The molecule has 2 aliphatic heterocycles. The summed E-state index contributed by atoms with van der Waals surface area (Å²) >= 11 is 0. The fraction of sp³-hybridized carbons (Fsp3) is 0.440. The van der Waals surface area contributed by atoms with Crippen molar-refractivity contribution in [3.63, 3.8) is 0 Å². The second-order valence-corrected chi connectivity index (χ2v) is 11.6. The molecule has 0 radical (unpaired) electrons. The Bertz CT molecular complexity index is 1400. The van der Waals surface area contributed by atoms with E-state index in [0.717, 1.165) is 23.8 Å². The zero-order chi connectivity index (χ0) is 26.0. The number of anilines is 2. The van der Waals surface area contributed by atoms with Crippen LogP contribution in [0.25, 0.3) is 10.9 Å². The van der Waals surface area contributed by atoms with Crippen LogP contribution in [0.15, 0.2) is 41.0 Å². The number of ether oxygens (including phenoxy) is 3. The molecular formula is C25H27F3N4O4S. The number of aromatic nitrogens is 2. The van der Waals surface area contributed by atoms with Gasteiger partial charge >= 0.3 is 0 Å². The molecule has 0 saturated carbocycles. The molecule has 12 heteroatoms. The first kappa shape index (κ1) is 25.7. The summed E-state index contributed by atoms with van der Waals surface area (Å²) in [6.45, 7) is 1.37. The maximum Gasteiger partial charge on any atom is 0.261 e. The number of fused-ring (bicyclic) bond motifs is 1. The van der Waals surface area contributed by atoms with Gasteiger partial charge in [0.05, 0.1) is 39.8 Å². The van der Waals surface area contributed by atoms with Crippen molar-refractivity contribution < 1.29 is 31.6 Å². The van der Waals surface area contributed by atoms with Crippen molar-refractivity contribution in [2.75, 3.05) is 36.6 Å². The average Bonchev–Trinajstić information content (AvgIpc) is 3.48. The van der Waals surface area contributed by atoms with E-state index in [1.165, 1.54) is 24.5 Å². The first-order chi connectivity index (χ1) is 17.8. The Morgan fingerprint density at radius 2 is 1.95 bits per heavy atom. The highest BCUT2D eigenvalue weighted by Crippen LogP contribution is 2.35. The van der Waals surface area contributed by atoms with Gasteiger partial charge in [0.1, 0.15) is 36.4 Å². The number of halogens is 3. The Kier molecular flexibility index (Phi) is 7.50. The summed E-state index contributed by atoms with van der Waals surface area (Å²) in [5, 5.41) is 3.91. The number of nitrogens with zero attached hydrogens (tertiary/aromatic N) is 3. The number of alkyl halides is 2. The second-order valence-electron chi connectivity index (χ2n) is 9.08. The molecule has 37 heavy (non-hydrogen) atoms. The van der Waals surface area contributed by atoms with Crippen LogP contribution in [-0.2, 0) is 19.2 Å². The highest BCUT2D eigenvalue weighted by molar-refractivity contribution is 7.93. The summed E-state index contributed by atoms with van der Waals surface area (Å²) in [5.41, 5.74) is 2.48. The lowest BCUT2D eigenvalue weighted by Gasteiger charge is -2.22. The smallest absolute Gasteiger partial charge is 0.261 e. The number of rotatable bonds is 8. The first-order valence-electron chi connectivity index (χ1n) is 12.0. The molecule has 2 atom stereocenters. The molecule has 2 fully saturated rings. The van der Waals surface area contributed by atoms with Gasteiger partial charge < -0.3 is 19.5 Å². The predicted octanol–water partition coefficient (Wildman–Crippen LogP) is 5.14. The number of benzene rings is 2. The van der Waals surface area contributed by atoms with Crippen molar-refractivity contribution in [1.82, 2.24) is 9.97 Å². The number of hydrogen-bond donors (Lipinski definition) is 1. The highest BCUT2D eigenvalue weighted by atomic mass is 32.2. The topological polar surface area (TPSA) is 94.9 Å². The summed E-state index contributed by atoms with van der Waals surface area (Å²) in [6, 6.07) is 7.62. The second kappa shape index (κ2) is 10.8. The quantitative estimate of drug-likeness (QED) is 0.426. The van der Waals surface area contributed by atoms with Gasteiger partial charge in [-0.05, 0) is 49.6 Å². The number of aryl methyl sites for hydroxylation is 1. The summed E-state index contributed by atoms with van der Waals surface area (Å²) in [6.07, 6.45) is -0.786. The monoisotopic (exact) mass is 536 g/mol. The van der Waals surface area contributed by atoms with Crippen molar-refractivity contribution in [3.8, 4) is 5.75 Å². The van der Waals surface area contributed by atoms with Gasteiger partial charge in [-0.25, -0.2) is 27.3 Å². The SMILES string of the molecule is Cc1cc(N=S2(=O)CCCC2)cc2ncnc(Nc3ccc(F)cc3OC3COCC3OCC(F)F)c12. The fourth-order valence-electron chi connectivity index (χ4n) is 4.53. The molecule has 2 saturated heterocycles. The maximum atomic E-state index is 14.1. The lowest BCUT2D eigenvalue weighted by atomic mass is 10.1. The average molecular weight is 537 g/mol. The lowest BCUT2D eigenvalue weighted by Crippen LogP contribution is -2.34. The maximum absolute atomic E-state index is 14.1. The van der Waals surface area contributed by atoms with Crippen LogP contribution in [0.4, 0.5) is 30.4 Å².